The minimum atomic E-state index is -0.0751. The first-order valence-corrected chi connectivity index (χ1v) is 6.88. The average Bonchev–Trinajstić information content (AvgIpc) is 2.96. The van der Waals surface area contributed by atoms with E-state index in [1.165, 1.54) is 12.8 Å². The molecule has 2 heterocycles. The zero-order valence-electron chi connectivity index (χ0n) is 9.85. The number of carbonyl (C=O) groups is 1. The van der Waals surface area contributed by atoms with Crippen molar-refractivity contribution < 1.29 is 9.63 Å². The molecule has 0 unspecified atom stereocenters. The van der Waals surface area contributed by atoms with E-state index in [0.717, 1.165) is 24.5 Å². The molecule has 1 saturated heterocycles. The molecule has 5 heteroatoms. The van der Waals surface area contributed by atoms with Gasteiger partial charge in [-0.1, -0.05) is 6.07 Å². The fourth-order valence-electron chi connectivity index (χ4n) is 1.92. The van der Waals surface area contributed by atoms with Crippen LogP contribution in [0.1, 0.15) is 17.7 Å². The zero-order valence-corrected chi connectivity index (χ0v) is 10.7. The standard InChI is InChI=1S/C12H18N2O2S/c15-12(10-11-4-3-9-17-11)13-16-8-7-14-5-1-2-6-14/h3-4,9H,1-2,5-8,10H2,(H,13,15). The van der Waals surface area contributed by atoms with Crippen molar-refractivity contribution in [3.05, 3.63) is 22.4 Å². The predicted molar refractivity (Wildman–Crippen MR) is 67.8 cm³/mol. The smallest absolute Gasteiger partial charge is 0.248 e. The normalized spacial score (nSPS) is 16.2. The van der Waals surface area contributed by atoms with Gasteiger partial charge in [0.05, 0.1) is 13.0 Å². The van der Waals surface area contributed by atoms with E-state index in [-0.39, 0.29) is 5.91 Å². The molecular formula is C12H18N2O2S. The summed E-state index contributed by atoms with van der Waals surface area (Å²) < 4.78 is 0. The molecule has 1 fully saturated rings. The van der Waals surface area contributed by atoms with E-state index in [2.05, 4.69) is 10.4 Å². The molecule has 2 rings (SSSR count). The van der Waals surface area contributed by atoms with Gasteiger partial charge in [0.15, 0.2) is 0 Å². The fraction of sp³-hybridized carbons (Fsp3) is 0.583. The topological polar surface area (TPSA) is 41.6 Å². The van der Waals surface area contributed by atoms with Crippen molar-refractivity contribution in [1.82, 2.24) is 10.4 Å². The highest BCUT2D eigenvalue weighted by Crippen LogP contribution is 2.08. The number of carbonyl (C=O) groups excluding carboxylic acids is 1. The molecule has 0 spiro atoms. The van der Waals surface area contributed by atoms with Crippen molar-refractivity contribution in [2.24, 2.45) is 0 Å². The third-order valence-electron chi connectivity index (χ3n) is 2.81. The van der Waals surface area contributed by atoms with Crippen molar-refractivity contribution in [1.29, 1.82) is 0 Å². The third kappa shape index (κ3) is 4.46. The van der Waals surface area contributed by atoms with Gasteiger partial charge in [-0.3, -0.25) is 9.63 Å². The summed E-state index contributed by atoms with van der Waals surface area (Å²) in [4.78, 5) is 20.0. The first kappa shape index (κ1) is 12.5. The number of nitrogens with zero attached hydrogens (tertiary/aromatic N) is 1. The maximum atomic E-state index is 11.5. The summed E-state index contributed by atoms with van der Waals surface area (Å²) in [5.41, 5.74) is 2.49. The van der Waals surface area contributed by atoms with Gasteiger partial charge in [0.2, 0.25) is 5.91 Å². The average molecular weight is 254 g/mol. The van der Waals surface area contributed by atoms with Gasteiger partial charge in [0.25, 0.3) is 0 Å². The molecular weight excluding hydrogens is 236 g/mol. The first-order valence-electron chi connectivity index (χ1n) is 6.00. The van der Waals surface area contributed by atoms with Gasteiger partial charge in [0, 0.05) is 11.4 Å². The van der Waals surface area contributed by atoms with Crippen LogP contribution >= 0.6 is 11.3 Å². The molecule has 0 aromatic carbocycles. The lowest BCUT2D eigenvalue weighted by Gasteiger charge is -2.14. The number of hydrogen-bond acceptors (Lipinski definition) is 4. The third-order valence-corrected chi connectivity index (χ3v) is 3.69. The predicted octanol–water partition coefficient (Wildman–Crippen LogP) is 1.43. The summed E-state index contributed by atoms with van der Waals surface area (Å²) in [5.74, 6) is -0.0751. The van der Waals surface area contributed by atoms with E-state index in [9.17, 15) is 4.79 Å². The SMILES string of the molecule is O=C(Cc1cccs1)NOCCN1CCCC1. The van der Waals surface area contributed by atoms with Crippen LogP contribution in [0.2, 0.25) is 0 Å². The van der Waals surface area contributed by atoms with Crippen LogP contribution in [0.25, 0.3) is 0 Å². The lowest BCUT2D eigenvalue weighted by Crippen LogP contribution is -2.30. The lowest BCUT2D eigenvalue weighted by atomic mass is 10.3. The monoisotopic (exact) mass is 254 g/mol. The molecule has 0 radical (unpaired) electrons. The Morgan fingerprint density at radius 2 is 2.29 bits per heavy atom. The molecule has 1 aliphatic rings. The Bertz CT molecular complexity index is 334. The molecule has 94 valence electrons. The highest BCUT2D eigenvalue weighted by atomic mass is 32.1. The number of nitrogens with one attached hydrogen (secondary N) is 1. The number of rotatable bonds is 6. The van der Waals surface area contributed by atoms with Crippen molar-refractivity contribution in [2.45, 2.75) is 19.3 Å². The number of amides is 1. The molecule has 4 nitrogen and oxygen atoms in total. The van der Waals surface area contributed by atoms with Gasteiger partial charge < -0.3 is 4.90 Å². The number of hydrogen-bond donors (Lipinski definition) is 1. The summed E-state index contributed by atoms with van der Waals surface area (Å²) in [6.07, 6.45) is 2.97. The van der Waals surface area contributed by atoms with Crippen LogP contribution in [0.3, 0.4) is 0 Å². The summed E-state index contributed by atoms with van der Waals surface area (Å²) in [6.45, 7) is 3.79. The van der Waals surface area contributed by atoms with Gasteiger partial charge >= 0.3 is 0 Å². The molecule has 17 heavy (non-hydrogen) atoms. The van der Waals surface area contributed by atoms with Gasteiger partial charge in [-0.2, -0.15) is 0 Å². The van der Waals surface area contributed by atoms with Crippen LogP contribution in [0, 0.1) is 0 Å². The van der Waals surface area contributed by atoms with E-state index in [1.54, 1.807) is 11.3 Å². The largest absolute Gasteiger partial charge is 0.301 e. The number of likely N-dealkylation sites (tertiary alicyclic amines) is 1. The maximum Gasteiger partial charge on any atom is 0.248 e. The lowest BCUT2D eigenvalue weighted by molar-refractivity contribution is -0.133. The van der Waals surface area contributed by atoms with Crippen LogP contribution < -0.4 is 5.48 Å². The van der Waals surface area contributed by atoms with Crippen LogP contribution in [0.5, 0.6) is 0 Å². The molecule has 1 N–H and O–H groups in total. The van der Waals surface area contributed by atoms with Crippen molar-refractivity contribution in [3.63, 3.8) is 0 Å². The summed E-state index contributed by atoms with van der Waals surface area (Å²) >= 11 is 1.59. The molecule has 0 aliphatic carbocycles. The van der Waals surface area contributed by atoms with Crippen LogP contribution in [-0.4, -0.2) is 37.0 Å². The van der Waals surface area contributed by atoms with Gasteiger partial charge in [-0.05, 0) is 37.4 Å². The zero-order chi connectivity index (χ0) is 11.9. The van der Waals surface area contributed by atoms with Crippen LogP contribution in [0.4, 0.5) is 0 Å². The van der Waals surface area contributed by atoms with Crippen LogP contribution in [0.15, 0.2) is 17.5 Å². The fourth-order valence-corrected chi connectivity index (χ4v) is 2.62. The van der Waals surface area contributed by atoms with Gasteiger partial charge in [0.1, 0.15) is 0 Å². The number of hydroxylamine groups is 1. The van der Waals surface area contributed by atoms with Crippen molar-refractivity contribution >= 4 is 17.2 Å². The molecule has 1 aromatic heterocycles. The Labute approximate surface area is 106 Å². The Balaban J connectivity index is 1.54. The Kier molecular flexibility index (Phi) is 4.97. The number of thiophene rings is 1. The van der Waals surface area contributed by atoms with Crippen molar-refractivity contribution in [3.8, 4) is 0 Å². The highest BCUT2D eigenvalue weighted by molar-refractivity contribution is 7.10. The molecule has 0 saturated carbocycles. The molecule has 1 aromatic rings. The minimum Gasteiger partial charge on any atom is -0.301 e. The van der Waals surface area contributed by atoms with E-state index in [0.29, 0.717) is 13.0 Å². The molecule has 0 bridgehead atoms. The van der Waals surface area contributed by atoms with E-state index in [1.807, 2.05) is 17.5 Å². The maximum absolute atomic E-state index is 11.5. The van der Waals surface area contributed by atoms with E-state index in [4.69, 9.17) is 4.84 Å². The Morgan fingerprint density at radius 3 is 3.00 bits per heavy atom. The molecule has 0 atom stereocenters. The second-order valence-electron chi connectivity index (χ2n) is 4.18. The van der Waals surface area contributed by atoms with Crippen molar-refractivity contribution in [2.75, 3.05) is 26.2 Å². The summed E-state index contributed by atoms with van der Waals surface area (Å²) in [7, 11) is 0. The molecule has 1 aliphatic heterocycles. The van der Waals surface area contributed by atoms with Gasteiger partial charge in [-0.25, -0.2) is 5.48 Å². The van der Waals surface area contributed by atoms with Gasteiger partial charge in [-0.15, -0.1) is 11.3 Å². The second kappa shape index (κ2) is 6.74. The minimum absolute atomic E-state index is 0.0751. The first-order chi connectivity index (χ1) is 8.34. The Hall–Kier alpha value is -0.910. The molecule has 1 amide bonds. The highest BCUT2D eigenvalue weighted by Gasteiger charge is 2.11. The van der Waals surface area contributed by atoms with E-state index >= 15 is 0 Å². The van der Waals surface area contributed by atoms with Crippen LogP contribution in [-0.2, 0) is 16.1 Å². The quantitative estimate of drug-likeness (QED) is 0.617. The summed E-state index contributed by atoms with van der Waals surface area (Å²) in [5, 5.41) is 1.97. The Morgan fingerprint density at radius 1 is 1.47 bits per heavy atom. The second-order valence-corrected chi connectivity index (χ2v) is 5.21. The summed E-state index contributed by atoms with van der Waals surface area (Å²) in [6, 6.07) is 3.90. The van der Waals surface area contributed by atoms with E-state index < -0.39 is 0 Å².